The Balaban J connectivity index is 3.60. The fourth-order valence-electron chi connectivity index (χ4n) is 1.47. The first-order chi connectivity index (χ1) is 8.11. The summed E-state index contributed by atoms with van der Waals surface area (Å²) < 4.78 is 0. The molecule has 1 unspecified atom stereocenters. The number of carbonyl (C=O) groups is 2. The number of hydrogen-bond acceptors (Lipinski definition) is 2. The molecule has 0 aliphatic rings. The largest absolute Gasteiger partial charge is 0.338 e. The Morgan fingerprint density at radius 2 is 1.94 bits per heavy atom. The number of carbonyl (C=O) groups excluding carboxylic acids is 2. The van der Waals surface area contributed by atoms with Gasteiger partial charge in [0.2, 0.25) is 11.8 Å². The molecule has 2 N–H and O–H groups in total. The lowest BCUT2D eigenvalue weighted by Crippen LogP contribution is -2.38. The first-order valence-electron chi connectivity index (χ1n) is 6.29. The summed E-state index contributed by atoms with van der Waals surface area (Å²) in [6.45, 7) is 7.57. The summed E-state index contributed by atoms with van der Waals surface area (Å²) in [5.74, 6) is -0.278. The van der Waals surface area contributed by atoms with Gasteiger partial charge in [0, 0.05) is 5.92 Å². The minimum Gasteiger partial charge on any atom is -0.338 e. The van der Waals surface area contributed by atoms with E-state index in [0.29, 0.717) is 0 Å². The van der Waals surface area contributed by atoms with E-state index in [9.17, 15) is 9.59 Å². The van der Waals surface area contributed by atoms with Gasteiger partial charge in [-0.1, -0.05) is 46.1 Å². The molecule has 0 aliphatic carbocycles. The summed E-state index contributed by atoms with van der Waals surface area (Å²) in [6, 6.07) is 0. The van der Waals surface area contributed by atoms with Crippen LogP contribution in [0.2, 0.25) is 0 Å². The van der Waals surface area contributed by atoms with Gasteiger partial charge in [-0.2, -0.15) is 0 Å². The van der Waals surface area contributed by atoms with E-state index in [1.807, 2.05) is 6.92 Å². The van der Waals surface area contributed by atoms with E-state index in [1.165, 1.54) is 25.3 Å². The second-order valence-corrected chi connectivity index (χ2v) is 4.21. The lowest BCUT2D eigenvalue weighted by atomic mass is 10.0. The van der Waals surface area contributed by atoms with Crippen LogP contribution in [-0.4, -0.2) is 18.5 Å². The summed E-state index contributed by atoms with van der Waals surface area (Å²) in [4.78, 5) is 22.4. The normalized spacial score (nSPS) is 11.6. The van der Waals surface area contributed by atoms with Crippen molar-refractivity contribution in [2.45, 2.75) is 46.0 Å². The van der Waals surface area contributed by atoms with E-state index < -0.39 is 0 Å². The maximum Gasteiger partial charge on any atom is 0.244 e. The molecule has 4 nitrogen and oxygen atoms in total. The van der Waals surface area contributed by atoms with Crippen molar-refractivity contribution in [1.82, 2.24) is 10.6 Å². The SMILES string of the molecule is C=CC(=O)NCNC(=O)C(C)CCCCCC. The van der Waals surface area contributed by atoms with Crippen molar-refractivity contribution in [3.8, 4) is 0 Å². The van der Waals surface area contributed by atoms with Crippen LogP contribution in [0.1, 0.15) is 46.0 Å². The van der Waals surface area contributed by atoms with Gasteiger partial charge in [-0.25, -0.2) is 0 Å². The Morgan fingerprint density at radius 1 is 1.24 bits per heavy atom. The summed E-state index contributed by atoms with van der Waals surface area (Å²) in [6.07, 6.45) is 6.78. The van der Waals surface area contributed by atoms with Crippen LogP contribution in [-0.2, 0) is 9.59 Å². The zero-order chi connectivity index (χ0) is 13.1. The minimum absolute atomic E-state index is 0.00693. The van der Waals surface area contributed by atoms with Crippen LogP contribution in [0, 0.1) is 5.92 Å². The van der Waals surface area contributed by atoms with E-state index >= 15 is 0 Å². The number of hydrogen-bond donors (Lipinski definition) is 2. The molecule has 1 atom stereocenters. The highest BCUT2D eigenvalue weighted by Crippen LogP contribution is 2.10. The maximum absolute atomic E-state index is 11.6. The van der Waals surface area contributed by atoms with Crippen LogP contribution >= 0.6 is 0 Å². The third kappa shape index (κ3) is 8.48. The van der Waals surface area contributed by atoms with Crippen LogP contribution in [0.5, 0.6) is 0 Å². The molecule has 4 heteroatoms. The van der Waals surface area contributed by atoms with Gasteiger partial charge in [-0.05, 0) is 12.5 Å². The molecule has 0 saturated carbocycles. The summed E-state index contributed by atoms with van der Waals surface area (Å²) >= 11 is 0. The van der Waals surface area contributed by atoms with Crippen LogP contribution in [0.25, 0.3) is 0 Å². The monoisotopic (exact) mass is 240 g/mol. The van der Waals surface area contributed by atoms with Crippen LogP contribution in [0.15, 0.2) is 12.7 Å². The molecule has 98 valence electrons. The molecule has 0 rings (SSSR count). The number of nitrogens with one attached hydrogen (secondary N) is 2. The molecule has 0 fully saturated rings. The number of amides is 2. The van der Waals surface area contributed by atoms with Gasteiger partial charge in [-0.3, -0.25) is 9.59 Å². The van der Waals surface area contributed by atoms with Gasteiger partial charge in [-0.15, -0.1) is 0 Å². The van der Waals surface area contributed by atoms with E-state index in [4.69, 9.17) is 0 Å². The summed E-state index contributed by atoms with van der Waals surface area (Å²) in [5.41, 5.74) is 0. The van der Waals surface area contributed by atoms with Crippen molar-refractivity contribution in [2.24, 2.45) is 5.92 Å². The topological polar surface area (TPSA) is 58.2 Å². The van der Waals surface area contributed by atoms with E-state index in [2.05, 4.69) is 24.1 Å². The molecule has 17 heavy (non-hydrogen) atoms. The van der Waals surface area contributed by atoms with Crippen LogP contribution in [0.3, 0.4) is 0 Å². The Kier molecular flexibility index (Phi) is 9.11. The van der Waals surface area contributed by atoms with E-state index in [-0.39, 0.29) is 24.4 Å². The molecule has 0 aromatic heterocycles. The van der Waals surface area contributed by atoms with Gasteiger partial charge in [0.25, 0.3) is 0 Å². The second kappa shape index (κ2) is 9.87. The van der Waals surface area contributed by atoms with Gasteiger partial charge >= 0.3 is 0 Å². The van der Waals surface area contributed by atoms with Crippen LogP contribution < -0.4 is 10.6 Å². The fourth-order valence-corrected chi connectivity index (χ4v) is 1.47. The first kappa shape index (κ1) is 15.7. The third-order valence-corrected chi connectivity index (χ3v) is 2.65. The maximum atomic E-state index is 11.6. The predicted octanol–water partition coefficient (Wildman–Crippen LogP) is 1.97. The van der Waals surface area contributed by atoms with Crippen molar-refractivity contribution < 1.29 is 9.59 Å². The first-order valence-corrected chi connectivity index (χ1v) is 6.29. The van der Waals surface area contributed by atoms with E-state index in [1.54, 1.807) is 0 Å². The smallest absolute Gasteiger partial charge is 0.244 e. The van der Waals surface area contributed by atoms with Gasteiger partial charge in [0.1, 0.15) is 0 Å². The molecular formula is C13H24N2O2. The van der Waals surface area contributed by atoms with Crippen molar-refractivity contribution in [1.29, 1.82) is 0 Å². The predicted molar refractivity (Wildman–Crippen MR) is 69.3 cm³/mol. The van der Waals surface area contributed by atoms with Crippen molar-refractivity contribution >= 4 is 11.8 Å². The summed E-state index contributed by atoms with van der Waals surface area (Å²) in [7, 11) is 0. The van der Waals surface area contributed by atoms with Crippen molar-refractivity contribution in [3.63, 3.8) is 0 Å². The molecule has 2 amide bonds. The highest BCUT2D eigenvalue weighted by molar-refractivity contribution is 5.87. The average Bonchev–Trinajstić information content (AvgIpc) is 2.33. The zero-order valence-corrected chi connectivity index (χ0v) is 10.9. The Labute approximate surface area is 104 Å². The highest BCUT2D eigenvalue weighted by atomic mass is 16.2. The zero-order valence-electron chi connectivity index (χ0n) is 10.9. The average molecular weight is 240 g/mol. The van der Waals surface area contributed by atoms with Gasteiger partial charge in [0.05, 0.1) is 6.67 Å². The Morgan fingerprint density at radius 3 is 2.53 bits per heavy atom. The van der Waals surface area contributed by atoms with Crippen molar-refractivity contribution in [2.75, 3.05) is 6.67 Å². The fraction of sp³-hybridized carbons (Fsp3) is 0.692. The highest BCUT2D eigenvalue weighted by Gasteiger charge is 2.11. The quantitative estimate of drug-likeness (QED) is 0.368. The van der Waals surface area contributed by atoms with E-state index in [0.717, 1.165) is 12.8 Å². The van der Waals surface area contributed by atoms with Gasteiger partial charge < -0.3 is 10.6 Å². The molecule has 0 aromatic carbocycles. The Hall–Kier alpha value is -1.32. The minimum atomic E-state index is -0.277. The summed E-state index contributed by atoms with van der Waals surface area (Å²) in [5, 5.41) is 5.18. The molecule has 0 spiro atoms. The molecule has 0 heterocycles. The number of rotatable bonds is 9. The number of unbranched alkanes of at least 4 members (excludes halogenated alkanes) is 3. The third-order valence-electron chi connectivity index (χ3n) is 2.65. The van der Waals surface area contributed by atoms with Crippen molar-refractivity contribution in [3.05, 3.63) is 12.7 Å². The van der Waals surface area contributed by atoms with Gasteiger partial charge in [0.15, 0.2) is 0 Å². The molecule has 0 bridgehead atoms. The standard InChI is InChI=1S/C13H24N2O2/c1-4-6-7-8-9-11(3)13(17)15-10-14-12(16)5-2/h5,11H,2,4,6-10H2,1,3H3,(H,14,16)(H,15,17). The molecule has 0 radical (unpaired) electrons. The second-order valence-electron chi connectivity index (χ2n) is 4.21. The Bertz CT molecular complexity index is 252. The molecule has 0 aliphatic heterocycles. The lowest BCUT2D eigenvalue weighted by Gasteiger charge is -2.12. The lowest BCUT2D eigenvalue weighted by molar-refractivity contribution is -0.125. The molecule has 0 aromatic rings. The van der Waals surface area contributed by atoms with Crippen LogP contribution in [0.4, 0.5) is 0 Å². The molecular weight excluding hydrogens is 216 g/mol. The molecule has 0 saturated heterocycles.